The number of carbonyl (C=O) groups excluding carboxylic acids is 3. The van der Waals surface area contributed by atoms with Crippen LogP contribution in [-0.2, 0) is 25.5 Å². The minimum absolute atomic E-state index is 0. The van der Waals surface area contributed by atoms with Gasteiger partial charge in [-0.05, 0) is 33.3 Å². The maximum Gasteiger partial charge on any atom is 1.00 e. The molecule has 0 heterocycles. The SMILES string of the molecule is COC(=O)[C@@H](C)NC(=O)[C@@H](Cc1ccc([O-])cc1)NC(=O)OC(C)(C)C.[Na+]. The molecule has 0 fully saturated rings. The smallest absolute Gasteiger partial charge is 0.872 e. The van der Waals surface area contributed by atoms with Crippen LogP contribution in [0.25, 0.3) is 0 Å². The van der Waals surface area contributed by atoms with Crippen LogP contribution >= 0.6 is 0 Å². The third kappa shape index (κ3) is 9.65. The van der Waals surface area contributed by atoms with E-state index < -0.39 is 35.7 Å². The Morgan fingerprint density at radius 2 is 1.67 bits per heavy atom. The molecular formula is C18H25N2NaO6. The summed E-state index contributed by atoms with van der Waals surface area (Å²) >= 11 is 0. The van der Waals surface area contributed by atoms with E-state index in [1.54, 1.807) is 32.9 Å². The van der Waals surface area contributed by atoms with E-state index in [1.807, 2.05) is 0 Å². The number of carbonyl (C=O) groups is 3. The average molecular weight is 388 g/mol. The van der Waals surface area contributed by atoms with Crippen molar-refractivity contribution in [2.45, 2.75) is 51.8 Å². The minimum Gasteiger partial charge on any atom is -0.872 e. The fraction of sp³-hybridized carbons (Fsp3) is 0.500. The van der Waals surface area contributed by atoms with Crippen molar-refractivity contribution in [2.75, 3.05) is 7.11 Å². The van der Waals surface area contributed by atoms with Crippen molar-refractivity contribution in [1.82, 2.24) is 10.6 Å². The van der Waals surface area contributed by atoms with Gasteiger partial charge in [0.15, 0.2) is 0 Å². The van der Waals surface area contributed by atoms with Gasteiger partial charge in [0.2, 0.25) is 5.91 Å². The summed E-state index contributed by atoms with van der Waals surface area (Å²) in [5.74, 6) is -1.33. The molecule has 27 heavy (non-hydrogen) atoms. The van der Waals surface area contributed by atoms with Gasteiger partial charge in [-0.3, -0.25) is 4.79 Å². The normalized spacial score (nSPS) is 12.8. The predicted molar refractivity (Wildman–Crippen MR) is 92.4 cm³/mol. The van der Waals surface area contributed by atoms with Gasteiger partial charge < -0.3 is 25.2 Å². The Labute approximate surface area is 181 Å². The zero-order valence-electron chi connectivity index (χ0n) is 16.6. The molecule has 2 N–H and O–H groups in total. The van der Waals surface area contributed by atoms with E-state index in [-0.39, 0.29) is 41.7 Å². The zero-order chi connectivity index (χ0) is 19.9. The molecule has 0 spiro atoms. The molecule has 0 aliphatic heterocycles. The molecule has 1 rings (SSSR count). The first-order valence-electron chi connectivity index (χ1n) is 8.15. The molecule has 0 radical (unpaired) electrons. The number of benzene rings is 1. The van der Waals surface area contributed by atoms with Crippen molar-refractivity contribution < 1.29 is 58.5 Å². The summed E-state index contributed by atoms with van der Waals surface area (Å²) in [7, 11) is 1.21. The van der Waals surface area contributed by atoms with Crippen LogP contribution in [0.2, 0.25) is 0 Å². The van der Waals surface area contributed by atoms with Crippen LogP contribution in [-0.4, -0.2) is 42.8 Å². The molecule has 0 aliphatic rings. The first kappa shape index (κ1) is 25.2. The van der Waals surface area contributed by atoms with E-state index in [9.17, 15) is 19.5 Å². The summed E-state index contributed by atoms with van der Waals surface area (Å²) < 4.78 is 9.75. The quantitative estimate of drug-likeness (QED) is 0.425. The molecule has 2 atom stereocenters. The Morgan fingerprint density at radius 1 is 1.11 bits per heavy atom. The van der Waals surface area contributed by atoms with Gasteiger partial charge >= 0.3 is 41.6 Å². The molecule has 0 aliphatic carbocycles. The van der Waals surface area contributed by atoms with Crippen molar-refractivity contribution in [3.63, 3.8) is 0 Å². The molecule has 144 valence electrons. The Bertz CT molecular complexity index is 642. The van der Waals surface area contributed by atoms with Crippen molar-refractivity contribution in [2.24, 2.45) is 0 Å². The molecule has 9 heteroatoms. The van der Waals surface area contributed by atoms with Gasteiger partial charge in [-0.2, -0.15) is 0 Å². The van der Waals surface area contributed by atoms with Crippen LogP contribution in [0.15, 0.2) is 24.3 Å². The summed E-state index contributed by atoms with van der Waals surface area (Å²) in [5, 5.41) is 16.2. The number of nitrogens with one attached hydrogen (secondary N) is 2. The Hall–Kier alpha value is -1.77. The van der Waals surface area contributed by atoms with E-state index in [0.717, 1.165) is 0 Å². The van der Waals surface area contributed by atoms with Crippen LogP contribution in [0.4, 0.5) is 4.79 Å². The number of amides is 2. The molecule has 0 unspecified atom stereocenters. The number of esters is 1. The molecule has 8 nitrogen and oxygen atoms in total. The predicted octanol–water partition coefficient (Wildman–Crippen LogP) is -2.12. The monoisotopic (exact) mass is 388 g/mol. The van der Waals surface area contributed by atoms with Gasteiger partial charge in [0.1, 0.15) is 17.7 Å². The van der Waals surface area contributed by atoms with Crippen LogP contribution in [0.1, 0.15) is 33.3 Å². The number of hydrogen-bond acceptors (Lipinski definition) is 6. The van der Waals surface area contributed by atoms with Crippen molar-refractivity contribution in [1.29, 1.82) is 0 Å². The Morgan fingerprint density at radius 3 is 2.15 bits per heavy atom. The maximum absolute atomic E-state index is 12.5. The third-order valence-electron chi connectivity index (χ3n) is 3.28. The van der Waals surface area contributed by atoms with E-state index >= 15 is 0 Å². The maximum atomic E-state index is 12.5. The van der Waals surface area contributed by atoms with Crippen molar-refractivity contribution in [3.8, 4) is 5.75 Å². The summed E-state index contributed by atoms with van der Waals surface area (Å²) in [6, 6.07) is 4.02. The first-order chi connectivity index (χ1) is 12.0. The second-order valence-electron chi connectivity index (χ2n) is 6.80. The van der Waals surface area contributed by atoms with E-state index in [1.165, 1.54) is 26.2 Å². The summed E-state index contributed by atoms with van der Waals surface area (Å²) in [4.78, 5) is 36.0. The van der Waals surface area contributed by atoms with Gasteiger partial charge in [-0.15, -0.1) is 5.75 Å². The molecule has 1 aromatic rings. The standard InChI is InChI=1S/C18H26N2O6.Na/c1-11(16(23)25-5)19-15(22)14(20-17(24)26-18(2,3)4)10-12-6-8-13(21)9-7-12;/h6-9,11,14,21H,10H2,1-5H3,(H,19,22)(H,20,24);/q;+1/p-1/t11-,14-;/m1./s1. The molecule has 0 saturated heterocycles. The molecule has 0 aromatic heterocycles. The molecule has 0 bridgehead atoms. The number of ether oxygens (including phenoxy) is 2. The van der Waals surface area contributed by atoms with Crippen LogP contribution < -0.4 is 45.3 Å². The summed E-state index contributed by atoms with van der Waals surface area (Å²) in [5.41, 5.74) is -0.0548. The van der Waals surface area contributed by atoms with Crippen LogP contribution in [0, 0.1) is 0 Å². The van der Waals surface area contributed by atoms with Crippen molar-refractivity contribution >= 4 is 18.0 Å². The Balaban J connectivity index is 0.00000676. The van der Waals surface area contributed by atoms with Gasteiger partial charge in [0.25, 0.3) is 0 Å². The van der Waals surface area contributed by atoms with E-state index in [2.05, 4.69) is 15.4 Å². The van der Waals surface area contributed by atoms with Gasteiger partial charge in [-0.1, -0.05) is 24.3 Å². The number of hydrogen-bond donors (Lipinski definition) is 2. The van der Waals surface area contributed by atoms with Crippen LogP contribution in [0.3, 0.4) is 0 Å². The fourth-order valence-electron chi connectivity index (χ4n) is 2.07. The number of alkyl carbamates (subject to hydrolysis) is 1. The number of methoxy groups -OCH3 is 1. The number of rotatable bonds is 6. The van der Waals surface area contributed by atoms with Gasteiger partial charge in [0, 0.05) is 6.42 Å². The summed E-state index contributed by atoms with van der Waals surface area (Å²) in [6.07, 6.45) is -0.636. The van der Waals surface area contributed by atoms with E-state index in [0.29, 0.717) is 5.56 Å². The molecular weight excluding hydrogens is 363 g/mol. The van der Waals surface area contributed by atoms with Crippen LogP contribution in [0.5, 0.6) is 5.75 Å². The first-order valence-corrected chi connectivity index (χ1v) is 8.15. The minimum atomic E-state index is -0.991. The molecule has 0 saturated carbocycles. The van der Waals surface area contributed by atoms with Crippen molar-refractivity contribution in [3.05, 3.63) is 29.8 Å². The van der Waals surface area contributed by atoms with Gasteiger partial charge in [0.05, 0.1) is 7.11 Å². The summed E-state index contributed by atoms with van der Waals surface area (Å²) in [6.45, 7) is 6.58. The topological polar surface area (TPSA) is 117 Å². The second kappa shape index (κ2) is 11.2. The fourth-order valence-corrected chi connectivity index (χ4v) is 2.07. The Kier molecular flexibility index (Phi) is 10.4. The average Bonchev–Trinajstić information content (AvgIpc) is 2.53. The third-order valence-corrected chi connectivity index (χ3v) is 3.28. The molecule has 2 amide bonds. The largest absolute Gasteiger partial charge is 1.00 e. The van der Waals surface area contributed by atoms with Gasteiger partial charge in [-0.25, -0.2) is 9.59 Å². The second-order valence-corrected chi connectivity index (χ2v) is 6.80. The van der Waals surface area contributed by atoms with E-state index in [4.69, 9.17) is 4.74 Å². The molecule has 1 aromatic carbocycles. The zero-order valence-corrected chi connectivity index (χ0v) is 18.6.